The predicted molar refractivity (Wildman–Crippen MR) is 82.6 cm³/mol. The van der Waals surface area contributed by atoms with Crippen molar-refractivity contribution in [3.63, 3.8) is 0 Å². The number of halogens is 1. The molecule has 1 heterocycles. The lowest BCUT2D eigenvalue weighted by Gasteiger charge is -2.35. The Hall–Kier alpha value is -1.14. The van der Waals surface area contributed by atoms with Crippen molar-refractivity contribution in [2.75, 3.05) is 38.7 Å². The van der Waals surface area contributed by atoms with Crippen LogP contribution in [0.5, 0.6) is 0 Å². The van der Waals surface area contributed by atoms with Crippen LogP contribution in [0.4, 0.5) is 5.69 Å². The van der Waals surface area contributed by atoms with E-state index in [-0.39, 0.29) is 12.5 Å². The summed E-state index contributed by atoms with van der Waals surface area (Å²) in [4.78, 5) is 13.8. The minimum atomic E-state index is -0.761. The summed E-state index contributed by atoms with van der Waals surface area (Å²) < 4.78 is 5.25. The average Bonchev–Trinajstić information content (AvgIpc) is 2.38. The second-order valence-electron chi connectivity index (χ2n) is 5.57. The lowest BCUT2D eigenvalue weighted by Crippen LogP contribution is -2.47. The molecule has 6 heteroatoms. The summed E-state index contributed by atoms with van der Waals surface area (Å²) in [7, 11) is 1.82. The number of benzene rings is 1. The van der Waals surface area contributed by atoms with Gasteiger partial charge in [0.25, 0.3) is 0 Å². The SMILES string of the molecule is CN(CC(=O)Nc1cccc(Cl)c1)CC1(O)CCOCC1. The van der Waals surface area contributed by atoms with E-state index in [2.05, 4.69) is 5.32 Å². The van der Waals surface area contributed by atoms with Crippen molar-refractivity contribution in [2.45, 2.75) is 18.4 Å². The molecule has 5 nitrogen and oxygen atoms in total. The zero-order valence-electron chi connectivity index (χ0n) is 12.1. The molecule has 0 atom stereocenters. The van der Waals surface area contributed by atoms with Gasteiger partial charge in [-0.15, -0.1) is 0 Å². The largest absolute Gasteiger partial charge is 0.388 e. The Labute approximate surface area is 129 Å². The second kappa shape index (κ2) is 7.22. The highest BCUT2D eigenvalue weighted by atomic mass is 35.5. The van der Waals surface area contributed by atoms with E-state index in [9.17, 15) is 9.90 Å². The molecule has 1 aliphatic heterocycles. The molecule has 0 radical (unpaired) electrons. The van der Waals surface area contributed by atoms with Gasteiger partial charge in [0.2, 0.25) is 5.91 Å². The van der Waals surface area contributed by atoms with E-state index in [4.69, 9.17) is 16.3 Å². The fraction of sp³-hybridized carbons (Fsp3) is 0.533. The average molecular weight is 313 g/mol. The van der Waals surface area contributed by atoms with Gasteiger partial charge >= 0.3 is 0 Å². The van der Waals surface area contributed by atoms with Crippen molar-refractivity contribution in [3.8, 4) is 0 Å². The molecule has 0 unspecified atom stereocenters. The van der Waals surface area contributed by atoms with Gasteiger partial charge in [0.15, 0.2) is 0 Å². The molecule has 1 aromatic rings. The standard InChI is InChI=1S/C15H21ClN2O3/c1-18(11-15(20)5-7-21-8-6-15)10-14(19)17-13-4-2-3-12(16)9-13/h2-4,9,20H,5-8,10-11H2,1H3,(H,17,19). The van der Waals surface area contributed by atoms with Gasteiger partial charge in [0.05, 0.1) is 12.1 Å². The first-order chi connectivity index (χ1) is 9.97. The van der Waals surface area contributed by atoms with Crippen LogP contribution in [0, 0.1) is 0 Å². The molecule has 0 aliphatic carbocycles. The summed E-state index contributed by atoms with van der Waals surface area (Å²) in [6.45, 7) is 1.81. The van der Waals surface area contributed by atoms with Crippen LogP contribution in [0.2, 0.25) is 5.02 Å². The Morgan fingerprint density at radius 1 is 1.48 bits per heavy atom. The molecule has 0 aromatic heterocycles. The van der Waals surface area contributed by atoms with Crippen LogP contribution in [-0.4, -0.2) is 54.9 Å². The van der Waals surface area contributed by atoms with Crippen molar-refractivity contribution >= 4 is 23.2 Å². The summed E-state index contributed by atoms with van der Waals surface area (Å²) in [5.41, 5.74) is -0.0887. The number of carbonyl (C=O) groups is 1. The fourth-order valence-electron chi connectivity index (χ4n) is 2.48. The van der Waals surface area contributed by atoms with Crippen LogP contribution in [0.1, 0.15) is 12.8 Å². The lowest BCUT2D eigenvalue weighted by atomic mass is 9.94. The van der Waals surface area contributed by atoms with Crippen LogP contribution in [-0.2, 0) is 9.53 Å². The van der Waals surface area contributed by atoms with Crippen molar-refractivity contribution < 1.29 is 14.6 Å². The number of likely N-dealkylation sites (N-methyl/N-ethyl adjacent to an activating group) is 1. The van der Waals surface area contributed by atoms with E-state index in [0.717, 1.165) is 0 Å². The number of nitrogens with zero attached hydrogens (tertiary/aromatic N) is 1. The number of hydrogen-bond donors (Lipinski definition) is 2. The van der Waals surface area contributed by atoms with Gasteiger partial charge in [-0.05, 0) is 25.2 Å². The molecule has 2 N–H and O–H groups in total. The molecule has 0 bridgehead atoms. The number of ether oxygens (including phenoxy) is 1. The molecule has 21 heavy (non-hydrogen) atoms. The summed E-state index contributed by atoms with van der Waals surface area (Å²) in [6, 6.07) is 7.03. The van der Waals surface area contributed by atoms with E-state index >= 15 is 0 Å². The number of carbonyl (C=O) groups excluding carboxylic acids is 1. The molecule has 116 valence electrons. The molecule has 1 amide bonds. The van der Waals surface area contributed by atoms with Crippen molar-refractivity contribution in [2.24, 2.45) is 0 Å². The number of aliphatic hydroxyl groups is 1. The lowest BCUT2D eigenvalue weighted by molar-refractivity contribution is -0.118. The van der Waals surface area contributed by atoms with Gasteiger partial charge in [0.1, 0.15) is 0 Å². The van der Waals surface area contributed by atoms with Crippen LogP contribution < -0.4 is 5.32 Å². The number of nitrogens with one attached hydrogen (secondary N) is 1. The highest BCUT2D eigenvalue weighted by molar-refractivity contribution is 6.30. The monoisotopic (exact) mass is 312 g/mol. The number of anilines is 1. The predicted octanol–water partition coefficient (Wildman–Crippen LogP) is 1.75. The molecular formula is C15H21ClN2O3. The van der Waals surface area contributed by atoms with Gasteiger partial charge in [-0.3, -0.25) is 9.69 Å². The van der Waals surface area contributed by atoms with E-state index in [1.54, 1.807) is 24.3 Å². The zero-order valence-corrected chi connectivity index (χ0v) is 12.9. The number of hydrogen-bond acceptors (Lipinski definition) is 4. The van der Waals surface area contributed by atoms with Crippen LogP contribution in [0.25, 0.3) is 0 Å². The summed E-state index contributed by atoms with van der Waals surface area (Å²) in [6.07, 6.45) is 1.21. The topological polar surface area (TPSA) is 61.8 Å². The Kier molecular flexibility index (Phi) is 5.58. The zero-order chi connectivity index (χ0) is 15.3. The second-order valence-corrected chi connectivity index (χ2v) is 6.00. The first kappa shape index (κ1) is 16.2. The quantitative estimate of drug-likeness (QED) is 0.869. The minimum absolute atomic E-state index is 0.129. The molecule has 1 fully saturated rings. The third kappa shape index (κ3) is 5.28. The fourth-order valence-corrected chi connectivity index (χ4v) is 2.67. The van der Waals surface area contributed by atoms with Crippen LogP contribution >= 0.6 is 11.6 Å². The van der Waals surface area contributed by atoms with E-state index in [0.29, 0.717) is 43.3 Å². The Balaban J connectivity index is 1.81. The maximum atomic E-state index is 12.0. The number of amides is 1. The van der Waals surface area contributed by atoms with Crippen molar-refractivity contribution in [1.29, 1.82) is 0 Å². The van der Waals surface area contributed by atoms with Crippen molar-refractivity contribution in [1.82, 2.24) is 4.90 Å². The van der Waals surface area contributed by atoms with Gasteiger partial charge in [-0.25, -0.2) is 0 Å². The molecule has 1 saturated heterocycles. The normalized spacial score (nSPS) is 17.7. The Bertz CT molecular complexity index is 490. The van der Waals surface area contributed by atoms with Gasteiger partial charge in [-0.2, -0.15) is 0 Å². The summed E-state index contributed by atoms with van der Waals surface area (Å²) in [5, 5.41) is 13.8. The van der Waals surface area contributed by atoms with Gasteiger partial charge < -0.3 is 15.2 Å². The van der Waals surface area contributed by atoms with Crippen LogP contribution in [0.3, 0.4) is 0 Å². The molecule has 0 spiro atoms. The van der Waals surface area contributed by atoms with E-state index in [1.165, 1.54) is 0 Å². The number of rotatable bonds is 5. The maximum Gasteiger partial charge on any atom is 0.238 e. The molecule has 0 saturated carbocycles. The van der Waals surface area contributed by atoms with Gasteiger partial charge in [-0.1, -0.05) is 17.7 Å². The third-order valence-electron chi connectivity index (χ3n) is 3.51. The minimum Gasteiger partial charge on any atom is -0.388 e. The van der Waals surface area contributed by atoms with Gasteiger partial charge in [0, 0.05) is 43.3 Å². The van der Waals surface area contributed by atoms with Crippen LogP contribution in [0.15, 0.2) is 24.3 Å². The maximum absolute atomic E-state index is 12.0. The van der Waals surface area contributed by atoms with E-state index in [1.807, 2.05) is 11.9 Å². The molecule has 2 rings (SSSR count). The molecule has 1 aromatic carbocycles. The highest BCUT2D eigenvalue weighted by Crippen LogP contribution is 2.21. The van der Waals surface area contributed by atoms with E-state index < -0.39 is 5.60 Å². The summed E-state index contributed by atoms with van der Waals surface area (Å²) in [5.74, 6) is -0.129. The third-order valence-corrected chi connectivity index (χ3v) is 3.74. The summed E-state index contributed by atoms with van der Waals surface area (Å²) >= 11 is 5.87. The van der Waals surface area contributed by atoms with Crippen molar-refractivity contribution in [3.05, 3.63) is 29.3 Å². The highest BCUT2D eigenvalue weighted by Gasteiger charge is 2.31. The Morgan fingerprint density at radius 2 is 2.19 bits per heavy atom. The molecule has 1 aliphatic rings. The first-order valence-electron chi connectivity index (χ1n) is 7.01. The smallest absolute Gasteiger partial charge is 0.238 e. The molecular weight excluding hydrogens is 292 g/mol. The first-order valence-corrected chi connectivity index (χ1v) is 7.39. The Morgan fingerprint density at radius 3 is 2.86 bits per heavy atom.